The van der Waals surface area contributed by atoms with Gasteiger partial charge in [-0.15, -0.1) is 5.10 Å². The van der Waals surface area contributed by atoms with Gasteiger partial charge >= 0.3 is 0 Å². The van der Waals surface area contributed by atoms with E-state index in [1.807, 2.05) is 11.8 Å². The predicted octanol–water partition coefficient (Wildman–Crippen LogP) is 2.80. The van der Waals surface area contributed by atoms with Gasteiger partial charge in [-0.05, 0) is 61.5 Å². The van der Waals surface area contributed by atoms with E-state index in [4.69, 9.17) is 16.3 Å². The van der Waals surface area contributed by atoms with Gasteiger partial charge in [0.2, 0.25) is 10.0 Å². The Hall–Kier alpha value is -2.88. The average molecular weight is 475 g/mol. The summed E-state index contributed by atoms with van der Waals surface area (Å²) in [6.45, 7) is 3.95. The minimum Gasteiger partial charge on any atom is -0.494 e. The zero-order valence-electron chi connectivity index (χ0n) is 17.5. The maximum absolute atomic E-state index is 13.0. The van der Waals surface area contributed by atoms with Gasteiger partial charge in [0.05, 0.1) is 17.2 Å². The van der Waals surface area contributed by atoms with E-state index in [0.29, 0.717) is 55.1 Å². The monoisotopic (exact) mass is 474 g/mol. The van der Waals surface area contributed by atoms with Crippen LogP contribution < -0.4 is 15.2 Å². The summed E-state index contributed by atoms with van der Waals surface area (Å²) in [4.78, 5) is 14.5. The van der Waals surface area contributed by atoms with E-state index in [9.17, 15) is 13.2 Å². The third-order valence-electron chi connectivity index (χ3n) is 5.19. The lowest BCUT2D eigenvalue weighted by Crippen LogP contribution is -2.49. The van der Waals surface area contributed by atoms with Gasteiger partial charge in [0, 0.05) is 37.3 Å². The molecule has 0 aliphatic carbocycles. The lowest BCUT2D eigenvalue weighted by molar-refractivity contribution is 0.340. The van der Waals surface area contributed by atoms with Crippen molar-refractivity contribution in [3.05, 3.63) is 76.0 Å². The molecule has 1 aliphatic rings. The molecule has 0 bridgehead atoms. The van der Waals surface area contributed by atoms with Crippen molar-refractivity contribution in [2.24, 2.45) is 0 Å². The van der Waals surface area contributed by atoms with Crippen LogP contribution in [0.15, 0.2) is 70.4 Å². The molecule has 0 saturated carbocycles. The average Bonchev–Trinajstić information content (AvgIpc) is 2.81. The van der Waals surface area contributed by atoms with Crippen molar-refractivity contribution in [2.75, 3.05) is 37.7 Å². The fraction of sp³-hybridized carbons (Fsp3) is 0.273. The third-order valence-corrected chi connectivity index (χ3v) is 7.36. The van der Waals surface area contributed by atoms with Crippen LogP contribution in [-0.2, 0) is 10.0 Å². The molecule has 32 heavy (non-hydrogen) atoms. The van der Waals surface area contributed by atoms with Crippen LogP contribution in [0.3, 0.4) is 0 Å². The minimum absolute atomic E-state index is 0.240. The van der Waals surface area contributed by atoms with E-state index in [-0.39, 0.29) is 10.5 Å². The van der Waals surface area contributed by atoms with Gasteiger partial charge in [-0.2, -0.15) is 8.99 Å². The molecular weight excluding hydrogens is 452 g/mol. The summed E-state index contributed by atoms with van der Waals surface area (Å²) >= 11 is 5.93. The fourth-order valence-electron chi connectivity index (χ4n) is 3.52. The summed E-state index contributed by atoms with van der Waals surface area (Å²) < 4.78 is 34.2. The Morgan fingerprint density at radius 3 is 2.22 bits per heavy atom. The number of halogens is 1. The molecular formula is C22H23ClN4O4S. The quantitative estimate of drug-likeness (QED) is 0.546. The molecule has 0 spiro atoms. The second kappa shape index (κ2) is 9.32. The molecule has 0 N–H and O–H groups in total. The molecule has 2 heterocycles. The summed E-state index contributed by atoms with van der Waals surface area (Å²) in [6.07, 6.45) is 0. The number of aromatic nitrogens is 2. The van der Waals surface area contributed by atoms with Crippen molar-refractivity contribution in [3.63, 3.8) is 0 Å². The number of anilines is 1. The fourth-order valence-corrected chi connectivity index (χ4v) is 5.07. The maximum Gasteiger partial charge on any atom is 0.271 e. The zero-order chi connectivity index (χ0) is 22.7. The number of ether oxygens (including phenoxy) is 1. The Labute approximate surface area is 191 Å². The maximum atomic E-state index is 13.0. The SMILES string of the molecule is CCOc1ccc(S(=O)(=O)N2CCN(c3ccc(=O)n(-c4ccc(Cl)cc4)n3)CC2)cc1. The molecule has 1 fully saturated rings. The normalized spacial score (nSPS) is 15.0. The van der Waals surface area contributed by atoms with Crippen LogP contribution in [0.2, 0.25) is 5.02 Å². The van der Waals surface area contributed by atoms with Crippen molar-refractivity contribution in [3.8, 4) is 11.4 Å². The first kappa shape index (κ1) is 22.3. The molecule has 0 amide bonds. The summed E-state index contributed by atoms with van der Waals surface area (Å²) in [7, 11) is -3.60. The number of benzene rings is 2. The number of rotatable bonds is 6. The highest BCUT2D eigenvalue weighted by molar-refractivity contribution is 7.89. The first-order valence-corrected chi connectivity index (χ1v) is 12.0. The standard InChI is InChI=1S/C22H23ClN4O4S/c1-2-31-19-7-9-20(10-8-19)32(29,30)26-15-13-25(14-16-26)21-11-12-22(28)27(24-21)18-5-3-17(23)4-6-18/h3-12H,2,13-16H2,1H3. The summed E-state index contributed by atoms with van der Waals surface area (Å²) in [5.41, 5.74) is 0.353. The molecule has 0 unspecified atom stereocenters. The van der Waals surface area contributed by atoms with Crippen molar-refractivity contribution in [1.82, 2.24) is 14.1 Å². The number of sulfonamides is 1. The van der Waals surface area contributed by atoms with E-state index in [1.54, 1.807) is 54.6 Å². The molecule has 1 aliphatic heterocycles. The third kappa shape index (κ3) is 4.64. The van der Waals surface area contributed by atoms with E-state index in [1.165, 1.54) is 15.1 Å². The van der Waals surface area contributed by atoms with Crippen LogP contribution in [0.1, 0.15) is 6.92 Å². The van der Waals surface area contributed by atoms with Crippen LogP contribution in [0.4, 0.5) is 5.82 Å². The number of nitrogens with zero attached hydrogens (tertiary/aromatic N) is 4. The second-order valence-corrected chi connectivity index (χ2v) is 9.59. The second-order valence-electron chi connectivity index (χ2n) is 7.21. The predicted molar refractivity (Wildman–Crippen MR) is 123 cm³/mol. The summed E-state index contributed by atoms with van der Waals surface area (Å²) in [5, 5.41) is 5.05. The zero-order valence-corrected chi connectivity index (χ0v) is 19.1. The van der Waals surface area contributed by atoms with Crippen LogP contribution in [0.25, 0.3) is 5.69 Å². The minimum atomic E-state index is -3.60. The highest BCUT2D eigenvalue weighted by atomic mass is 35.5. The largest absolute Gasteiger partial charge is 0.494 e. The smallest absolute Gasteiger partial charge is 0.271 e. The first-order valence-electron chi connectivity index (χ1n) is 10.2. The van der Waals surface area contributed by atoms with Crippen LogP contribution in [0, 0.1) is 0 Å². The van der Waals surface area contributed by atoms with E-state index in [0.717, 1.165) is 0 Å². The Balaban J connectivity index is 1.48. The molecule has 4 rings (SSSR count). The highest BCUT2D eigenvalue weighted by Gasteiger charge is 2.29. The van der Waals surface area contributed by atoms with E-state index >= 15 is 0 Å². The Kier molecular flexibility index (Phi) is 6.50. The van der Waals surface area contributed by atoms with Gasteiger partial charge in [0.1, 0.15) is 11.6 Å². The van der Waals surface area contributed by atoms with E-state index in [2.05, 4.69) is 5.10 Å². The Morgan fingerprint density at radius 1 is 0.938 bits per heavy atom. The van der Waals surface area contributed by atoms with E-state index < -0.39 is 10.0 Å². The highest BCUT2D eigenvalue weighted by Crippen LogP contribution is 2.22. The van der Waals surface area contributed by atoms with Crippen molar-refractivity contribution >= 4 is 27.4 Å². The Morgan fingerprint density at radius 2 is 1.59 bits per heavy atom. The van der Waals surface area contributed by atoms with Crippen LogP contribution in [-0.4, -0.2) is 55.3 Å². The molecule has 1 aromatic heterocycles. The number of piperazine rings is 1. The molecule has 2 aromatic carbocycles. The van der Waals surface area contributed by atoms with Crippen molar-refractivity contribution in [2.45, 2.75) is 11.8 Å². The molecule has 1 saturated heterocycles. The topological polar surface area (TPSA) is 84.7 Å². The molecule has 8 nitrogen and oxygen atoms in total. The molecule has 0 atom stereocenters. The first-order chi connectivity index (χ1) is 15.4. The van der Waals surface area contributed by atoms with Crippen LogP contribution in [0.5, 0.6) is 5.75 Å². The molecule has 168 valence electrons. The van der Waals surface area contributed by atoms with Crippen molar-refractivity contribution < 1.29 is 13.2 Å². The number of hydrogen-bond acceptors (Lipinski definition) is 6. The molecule has 0 radical (unpaired) electrons. The summed E-state index contributed by atoms with van der Waals surface area (Å²) in [6, 6.07) is 16.4. The van der Waals surface area contributed by atoms with Gasteiger partial charge in [0.25, 0.3) is 5.56 Å². The lowest BCUT2D eigenvalue weighted by Gasteiger charge is -2.34. The summed E-state index contributed by atoms with van der Waals surface area (Å²) in [5.74, 6) is 1.25. The molecule has 3 aromatic rings. The Bertz CT molecular complexity index is 1240. The van der Waals surface area contributed by atoms with Gasteiger partial charge in [-0.1, -0.05) is 11.6 Å². The van der Waals surface area contributed by atoms with Gasteiger partial charge in [-0.25, -0.2) is 8.42 Å². The van der Waals surface area contributed by atoms with Gasteiger partial charge < -0.3 is 9.64 Å². The molecule has 10 heteroatoms. The van der Waals surface area contributed by atoms with Crippen LogP contribution >= 0.6 is 11.6 Å². The number of hydrogen-bond donors (Lipinski definition) is 0. The van der Waals surface area contributed by atoms with Gasteiger partial charge in [-0.3, -0.25) is 4.79 Å². The van der Waals surface area contributed by atoms with Gasteiger partial charge in [0.15, 0.2) is 0 Å². The lowest BCUT2D eigenvalue weighted by atomic mass is 10.3. The van der Waals surface area contributed by atoms with Crippen molar-refractivity contribution in [1.29, 1.82) is 0 Å².